The summed E-state index contributed by atoms with van der Waals surface area (Å²) >= 11 is 0. The highest BCUT2D eigenvalue weighted by molar-refractivity contribution is 5.94. The molecule has 1 amide bonds. The summed E-state index contributed by atoms with van der Waals surface area (Å²) in [6, 6.07) is 0.861. The van der Waals surface area contributed by atoms with Gasteiger partial charge in [-0.2, -0.15) is 0 Å². The third-order valence-electron chi connectivity index (χ3n) is 11.3. The number of amidine groups is 1. The predicted molar refractivity (Wildman–Crippen MR) is 203 cm³/mol. The lowest BCUT2D eigenvalue weighted by Gasteiger charge is -2.53. The molecule has 1 heterocycles. The SMILES string of the molecule is CCCCCCCCCCCCCCCCCC(=O)N(/C(=N/C1CCCCC1)ON1C(C)(C)CC(OC(C)=O)CC1(C)C)C1CCCCC1. The number of ether oxygens (including phenoxy) is 1. The number of hydrogen-bond donors (Lipinski definition) is 0. The van der Waals surface area contributed by atoms with Crippen molar-refractivity contribution in [2.24, 2.45) is 4.99 Å². The minimum Gasteiger partial charge on any atom is -0.462 e. The van der Waals surface area contributed by atoms with Crippen molar-refractivity contribution in [3.63, 3.8) is 0 Å². The molecule has 0 bridgehead atoms. The Hall–Kier alpha value is -1.63. The van der Waals surface area contributed by atoms with Gasteiger partial charge in [0.25, 0.3) is 0 Å². The zero-order chi connectivity index (χ0) is 35.5. The summed E-state index contributed by atoms with van der Waals surface area (Å²) in [4.78, 5) is 40.5. The van der Waals surface area contributed by atoms with Gasteiger partial charge in [-0.25, -0.2) is 4.99 Å². The first-order valence-corrected chi connectivity index (χ1v) is 21.1. The number of hydrogen-bond acceptors (Lipinski definition) is 6. The first kappa shape index (κ1) is 41.8. The Morgan fingerprint density at radius 2 is 1.12 bits per heavy atom. The Labute approximate surface area is 302 Å². The molecule has 1 saturated heterocycles. The molecule has 2 aliphatic carbocycles. The van der Waals surface area contributed by atoms with Crippen LogP contribution < -0.4 is 0 Å². The summed E-state index contributed by atoms with van der Waals surface area (Å²) in [5, 5.41) is 2.08. The van der Waals surface area contributed by atoms with Gasteiger partial charge in [-0.05, 0) is 59.8 Å². The zero-order valence-electron chi connectivity index (χ0n) is 33.0. The summed E-state index contributed by atoms with van der Waals surface area (Å²) < 4.78 is 5.72. The molecule has 0 aromatic carbocycles. The number of carbonyl (C=O) groups excluding carboxylic acids is 2. The first-order chi connectivity index (χ1) is 23.5. The Balaban J connectivity index is 1.59. The maximum absolute atomic E-state index is 14.3. The van der Waals surface area contributed by atoms with Crippen molar-refractivity contribution >= 4 is 17.9 Å². The fraction of sp³-hybridized carbons (Fsp3) is 0.929. The average molecular weight is 688 g/mol. The van der Waals surface area contributed by atoms with Crippen LogP contribution in [0.4, 0.5) is 0 Å². The van der Waals surface area contributed by atoms with Crippen LogP contribution in [0, 0.1) is 0 Å². The largest absolute Gasteiger partial charge is 0.462 e. The van der Waals surface area contributed by atoms with Crippen LogP contribution in [0.15, 0.2) is 4.99 Å². The molecular formula is C42H77N3O4. The summed E-state index contributed by atoms with van der Waals surface area (Å²) in [6.45, 7) is 12.4. The Kier molecular flexibility index (Phi) is 19.0. The molecule has 7 heteroatoms. The van der Waals surface area contributed by atoms with Crippen LogP contribution in [-0.2, 0) is 19.2 Å². The topological polar surface area (TPSA) is 71.4 Å². The van der Waals surface area contributed by atoms with Crippen LogP contribution in [0.2, 0.25) is 0 Å². The number of rotatable bonds is 20. The molecule has 2 saturated carbocycles. The van der Waals surface area contributed by atoms with E-state index in [1.807, 2.05) is 4.90 Å². The lowest BCUT2D eigenvalue weighted by atomic mass is 9.80. The van der Waals surface area contributed by atoms with Crippen molar-refractivity contribution in [1.29, 1.82) is 0 Å². The number of hydroxylamine groups is 2. The van der Waals surface area contributed by atoms with E-state index in [9.17, 15) is 9.59 Å². The van der Waals surface area contributed by atoms with Crippen molar-refractivity contribution in [1.82, 2.24) is 9.96 Å². The second-order valence-electron chi connectivity index (χ2n) is 17.1. The number of unbranched alkanes of at least 4 members (excludes halogenated alkanes) is 14. The minimum atomic E-state index is -0.412. The highest BCUT2D eigenvalue weighted by Gasteiger charge is 2.50. The Bertz CT molecular complexity index is 949. The van der Waals surface area contributed by atoms with E-state index in [1.165, 1.54) is 116 Å². The Morgan fingerprint density at radius 3 is 1.59 bits per heavy atom. The summed E-state index contributed by atoms with van der Waals surface area (Å²) in [6.07, 6.45) is 32.8. The van der Waals surface area contributed by atoms with Crippen LogP contribution in [-0.4, -0.2) is 57.1 Å². The van der Waals surface area contributed by atoms with E-state index in [0.29, 0.717) is 25.3 Å². The van der Waals surface area contributed by atoms with E-state index >= 15 is 0 Å². The molecule has 0 atom stereocenters. The molecule has 0 spiro atoms. The molecule has 284 valence electrons. The van der Waals surface area contributed by atoms with Gasteiger partial charge < -0.3 is 9.57 Å². The third kappa shape index (κ3) is 15.3. The number of carbonyl (C=O) groups is 2. The standard InChI is InChI=1S/C42H77N3O4/c1-7-8-9-10-11-12-13-14-15-16-17-18-19-20-27-32-39(47)44(37-30-25-22-26-31-37)40(43-36-28-23-21-24-29-36)49-45-41(3,4)33-38(48-35(2)46)34-42(45,5)6/h36-38H,7-34H2,1-6H3/b43-40-. The molecule has 49 heavy (non-hydrogen) atoms. The molecule has 0 N–H and O–H groups in total. The molecule has 3 aliphatic rings. The summed E-state index contributed by atoms with van der Waals surface area (Å²) in [5.74, 6) is -0.0556. The zero-order valence-corrected chi connectivity index (χ0v) is 33.0. The van der Waals surface area contributed by atoms with Crippen molar-refractivity contribution in [3.05, 3.63) is 0 Å². The van der Waals surface area contributed by atoms with Crippen molar-refractivity contribution in [2.45, 2.75) is 251 Å². The third-order valence-corrected chi connectivity index (χ3v) is 11.3. The molecule has 3 fully saturated rings. The van der Waals surface area contributed by atoms with Gasteiger partial charge in [0, 0.05) is 32.2 Å². The maximum Gasteiger partial charge on any atom is 0.315 e. The molecule has 0 aromatic heterocycles. The van der Waals surface area contributed by atoms with Gasteiger partial charge in [-0.15, -0.1) is 5.06 Å². The van der Waals surface area contributed by atoms with Crippen molar-refractivity contribution in [2.75, 3.05) is 0 Å². The predicted octanol–water partition coefficient (Wildman–Crippen LogP) is 11.6. The summed E-state index contributed by atoms with van der Waals surface area (Å²) in [5.41, 5.74) is -0.824. The van der Waals surface area contributed by atoms with Gasteiger partial charge in [0.2, 0.25) is 5.91 Å². The van der Waals surface area contributed by atoms with E-state index in [-0.39, 0.29) is 30.1 Å². The monoisotopic (exact) mass is 688 g/mol. The molecule has 0 aromatic rings. The van der Waals surface area contributed by atoms with Crippen LogP contribution >= 0.6 is 0 Å². The van der Waals surface area contributed by atoms with Crippen LogP contribution in [0.5, 0.6) is 0 Å². The molecule has 0 unspecified atom stereocenters. The van der Waals surface area contributed by atoms with Crippen molar-refractivity contribution < 1.29 is 19.2 Å². The average Bonchev–Trinajstić information content (AvgIpc) is 3.05. The van der Waals surface area contributed by atoms with E-state index in [0.717, 1.165) is 51.4 Å². The first-order valence-electron chi connectivity index (χ1n) is 21.1. The lowest BCUT2D eigenvalue weighted by Crippen LogP contribution is -2.64. The van der Waals surface area contributed by atoms with Crippen LogP contribution in [0.3, 0.4) is 0 Å². The van der Waals surface area contributed by atoms with Gasteiger partial charge in [-0.3, -0.25) is 14.5 Å². The van der Waals surface area contributed by atoms with Crippen LogP contribution in [0.25, 0.3) is 0 Å². The molecule has 1 aliphatic heterocycles. The van der Waals surface area contributed by atoms with Crippen LogP contribution in [0.1, 0.15) is 221 Å². The maximum atomic E-state index is 14.3. The number of piperidine rings is 1. The highest BCUT2D eigenvalue weighted by atomic mass is 16.7. The second kappa shape index (κ2) is 22.3. The quantitative estimate of drug-likeness (QED) is 0.0551. The number of amides is 1. The highest BCUT2D eigenvalue weighted by Crippen LogP contribution is 2.41. The number of nitrogens with zero attached hydrogens (tertiary/aromatic N) is 3. The molecule has 7 nitrogen and oxygen atoms in total. The van der Waals surface area contributed by atoms with E-state index in [1.54, 1.807) is 0 Å². The van der Waals surface area contributed by atoms with Gasteiger partial charge in [0.05, 0.1) is 17.1 Å². The van der Waals surface area contributed by atoms with E-state index in [2.05, 4.69) is 39.7 Å². The molecular weight excluding hydrogens is 610 g/mol. The fourth-order valence-corrected chi connectivity index (χ4v) is 8.89. The fourth-order valence-electron chi connectivity index (χ4n) is 8.89. The molecule has 0 radical (unpaired) electrons. The number of aliphatic imine (C=N–C) groups is 1. The smallest absolute Gasteiger partial charge is 0.315 e. The van der Waals surface area contributed by atoms with Gasteiger partial charge in [0.1, 0.15) is 6.10 Å². The van der Waals surface area contributed by atoms with Gasteiger partial charge in [0.15, 0.2) is 0 Å². The minimum absolute atomic E-state index is 0.143. The number of esters is 1. The van der Waals surface area contributed by atoms with Gasteiger partial charge >= 0.3 is 12.0 Å². The summed E-state index contributed by atoms with van der Waals surface area (Å²) in [7, 11) is 0. The van der Waals surface area contributed by atoms with E-state index < -0.39 is 11.1 Å². The lowest BCUT2D eigenvalue weighted by molar-refractivity contribution is -0.252. The van der Waals surface area contributed by atoms with Gasteiger partial charge in [-0.1, -0.05) is 135 Å². The van der Waals surface area contributed by atoms with E-state index in [4.69, 9.17) is 14.6 Å². The second-order valence-corrected chi connectivity index (χ2v) is 17.1. The normalized spacial score (nSPS) is 21.1. The van der Waals surface area contributed by atoms with Crippen molar-refractivity contribution in [3.8, 4) is 0 Å². The Morgan fingerprint density at radius 1 is 0.673 bits per heavy atom. The molecule has 3 rings (SSSR count).